The highest BCUT2D eigenvalue weighted by Crippen LogP contribution is 2.14. The fourth-order valence-electron chi connectivity index (χ4n) is 6.93. The minimum atomic E-state index is -1.69. The van der Waals surface area contributed by atoms with Crippen molar-refractivity contribution in [2.45, 2.75) is 140 Å². The first kappa shape index (κ1) is 56.9. The van der Waals surface area contributed by atoms with E-state index < -0.39 is 79.4 Å². The third-order valence-corrected chi connectivity index (χ3v) is 10.7. The van der Waals surface area contributed by atoms with E-state index in [0.717, 1.165) is 49.9 Å². The van der Waals surface area contributed by atoms with E-state index in [1.54, 1.807) is 0 Å². The number of unbranched alkanes of at least 4 members (excludes halogenated alkanes) is 12. The number of imidazole rings is 2. The standard InChI is InChI=1S/C43H70N14O12/c1-30(60)57(69-20-19-68-18-17-46-38(61)16-14-12-10-8-6-4-2-3-5-7-9-11-13-15-37-53-55-56-54-37)25-39(62)49-35(26-58)41(64)52-36(27-59)42(65)50-33(21-31-23-44-28-47-31)40(63)51-34(43(66)67)22-32-24-45-29-48-32/h23-24,28-29,33-36,58-59H,2-22,25-27H2,1H3,(H,44,47)(H,45,48)(H,46,61)(H,49,62)(H,50,65)(H,51,63)(H,52,64)(H,66,67)(H,53,54,55,56)/t33-,34-,35-,36+/m0/s1. The number of nitrogens with one attached hydrogen (secondary N) is 8. The number of carboxylic acid groups (broad SMARTS) is 1. The number of tetrazole rings is 1. The van der Waals surface area contributed by atoms with E-state index in [9.17, 15) is 48.9 Å². The van der Waals surface area contributed by atoms with Gasteiger partial charge in [-0.2, -0.15) is 5.21 Å². The van der Waals surface area contributed by atoms with Gasteiger partial charge >= 0.3 is 5.97 Å². The van der Waals surface area contributed by atoms with Gasteiger partial charge in [-0.25, -0.2) is 19.8 Å². The molecule has 3 heterocycles. The molecule has 4 atom stereocenters. The van der Waals surface area contributed by atoms with E-state index in [-0.39, 0.29) is 45.1 Å². The van der Waals surface area contributed by atoms with Crippen LogP contribution in [0, 0.1) is 0 Å². The van der Waals surface area contributed by atoms with Crippen LogP contribution in [0.1, 0.15) is 114 Å². The van der Waals surface area contributed by atoms with Crippen LogP contribution in [0.15, 0.2) is 25.0 Å². The summed E-state index contributed by atoms with van der Waals surface area (Å²) in [4.78, 5) is 107. The Kier molecular flexibility index (Phi) is 28.1. The summed E-state index contributed by atoms with van der Waals surface area (Å²) < 4.78 is 5.47. The number of hydrogen-bond donors (Lipinski definition) is 11. The number of aliphatic carboxylic acids is 1. The minimum Gasteiger partial charge on any atom is -0.480 e. The molecule has 69 heavy (non-hydrogen) atoms. The molecule has 0 radical (unpaired) electrons. The number of aliphatic hydroxyl groups excluding tert-OH is 2. The molecule has 26 nitrogen and oxygen atoms in total. The number of carbonyl (C=O) groups excluding carboxylic acids is 6. The molecule has 11 N–H and O–H groups in total. The molecule has 3 aromatic heterocycles. The fraction of sp³-hybridized carbons (Fsp3) is 0.674. The lowest BCUT2D eigenvalue weighted by Gasteiger charge is -2.25. The van der Waals surface area contributed by atoms with Crippen LogP contribution < -0.4 is 26.6 Å². The first-order valence-corrected chi connectivity index (χ1v) is 23.5. The Morgan fingerprint density at radius 3 is 1.70 bits per heavy atom. The van der Waals surface area contributed by atoms with Gasteiger partial charge in [0, 0.05) is 62.9 Å². The number of hydroxylamine groups is 2. The molecule has 0 aliphatic heterocycles. The molecule has 3 rings (SSSR count). The molecule has 0 aliphatic carbocycles. The predicted octanol–water partition coefficient (Wildman–Crippen LogP) is -0.943. The smallest absolute Gasteiger partial charge is 0.326 e. The summed E-state index contributed by atoms with van der Waals surface area (Å²) >= 11 is 0. The second-order valence-corrected chi connectivity index (χ2v) is 16.3. The van der Waals surface area contributed by atoms with Gasteiger partial charge in [-0.3, -0.25) is 33.6 Å². The van der Waals surface area contributed by atoms with E-state index in [1.807, 2.05) is 0 Å². The van der Waals surface area contributed by atoms with E-state index in [2.05, 4.69) is 67.1 Å². The number of aliphatic hydroxyl groups is 2. The third kappa shape index (κ3) is 24.5. The molecule has 0 saturated heterocycles. The Balaban J connectivity index is 1.26. The third-order valence-electron chi connectivity index (χ3n) is 10.7. The normalized spacial score (nSPS) is 12.9. The summed E-state index contributed by atoms with van der Waals surface area (Å²) in [6.07, 6.45) is 21.6. The number of aromatic nitrogens is 8. The molecule has 6 amide bonds. The molecule has 0 aromatic carbocycles. The average molecular weight is 975 g/mol. The topological polar surface area (TPSA) is 374 Å². The summed E-state index contributed by atoms with van der Waals surface area (Å²) in [5.74, 6) is -5.27. The molecular formula is C43H70N14O12. The molecule has 0 bridgehead atoms. The lowest BCUT2D eigenvalue weighted by atomic mass is 10.0. The van der Waals surface area contributed by atoms with Gasteiger partial charge in [0.1, 0.15) is 30.7 Å². The van der Waals surface area contributed by atoms with Gasteiger partial charge in [0.25, 0.3) is 0 Å². The molecule has 0 aliphatic rings. The van der Waals surface area contributed by atoms with Crippen LogP contribution in [0.2, 0.25) is 0 Å². The zero-order chi connectivity index (χ0) is 50.1. The van der Waals surface area contributed by atoms with Crippen LogP contribution in [-0.2, 0) is 62.4 Å². The van der Waals surface area contributed by atoms with Crippen LogP contribution in [0.25, 0.3) is 0 Å². The largest absolute Gasteiger partial charge is 0.480 e. The number of hydrogen-bond acceptors (Lipinski definition) is 16. The van der Waals surface area contributed by atoms with E-state index >= 15 is 0 Å². The number of amides is 6. The number of ether oxygens (including phenoxy) is 1. The fourth-order valence-corrected chi connectivity index (χ4v) is 6.93. The van der Waals surface area contributed by atoms with E-state index in [0.29, 0.717) is 17.8 Å². The highest BCUT2D eigenvalue weighted by atomic mass is 16.7. The Morgan fingerprint density at radius 2 is 1.17 bits per heavy atom. The number of carbonyl (C=O) groups is 7. The summed E-state index contributed by atoms with van der Waals surface area (Å²) in [6, 6.07) is -6.18. The maximum atomic E-state index is 13.3. The first-order chi connectivity index (χ1) is 33.4. The summed E-state index contributed by atoms with van der Waals surface area (Å²) in [7, 11) is 0. The molecular weight excluding hydrogens is 905 g/mol. The number of carboxylic acids is 1. The Morgan fingerprint density at radius 1 is 0.652 bits per heavy atom. The monoisotopic (exact) mass is 975 g/mol. The number of aromatic amines is 3. The molecule has 384 valence electrons. The maximum absolute atomic E-state index is 13.3. The van der Waals surface area contributed by atoms with Crippen molar-refractivity contribution in [1.29, 1.82) is 0 Å². The quantitative estimate of drug-likeness (QED) is 0.0243. The van der Waals surface area contributed by atoms with Gasteiger partial charge in [0.05, 0.1) is 45.7 Å². The van der Waals surface area contributed by atoms with E-state index in [4.69, 9.17) is 9.57 Å². The van der Waals surface area contributed by atoms with E-state index in [1.165, 1.54) is 82.8 Å². The van der Waals surface area contributed by atoms with Crippen molar-refractivity contribution in [2.24, 2.45) is 0 Å². The minimum absolute atomic E-state index is 0.0207. The van der Waals surface area contributed by atoms with Gasteiger partial charge in [-0.05, 0) is 12.8 Å². The predicted molar refractivity (Wildman–Crippen MR) is 244 cm³/mol. The highest BCUT2D eigenvalue weighted by Gasteiger charge is 2.32. The van der Waals surface area contributed by atoms with Crippen LogP contribution in [0.3, 0.4) is 0 Å². The van der Waals surface area contributed by atoms with Crippen LogP contribution >= 0.6 is 0 Å². The molecule has 0 saturated carbocycles. The van der Waals surface area contributed by atoms with Gasteiger partial charge in [0.15, 0.2) is 5.82 Å². The van der Waals surface area contributed by atoms with Crippen molar-refractivity contribution >= 4 is 41.4 Å². The second-order valence-electron chi connectivity index (χ2n) is 16.3. The molecule has 0 unspecified atom stereocenters. The highest BCUT2D eigenvalue weighted by molar-refractivity contribution is 5.95. The molecule has 26 heteroatoms. The van der Waals surface area contributed by atoms with Gasteiger partial charge in [-0.15, -0.1) is 10.2 Å². The zero-order valence-corrected chi connectivity index (χ0v) is 39.3. The number of H-pyrrole nitrogens is 3. The van der Waals surface area contributed by atoms with Crippen molar-refractivity contribution in [3.63, 3.8) is 0 Å². The first-order valence-electron chi connectivity index (χ1n) is 23.5. The van der Waals surface area contributed by atoms with Crippen LogP contribution in [0.5, 0.6) is 0 Å². The Labute approximate surface area is 400 Å². The second kappa shape index (κ2) is 34.0. The molecule has 0 spiro atoms. The Bertz CT molecular complexity index is 1920. The van der Waals surface area contributed by atoms with Crippen LogP contribution in [-0.4, -0.2) is 173 Å². The van der Waals surface area contributed by atoms with Gasteiger partial charge < -0.3 is 56.6 Å². The van der Waals surface area contributed by atoms with Crippen molar-refractivity contribution < 1.29 is 58.5 Å². The van der Waals surface area contributed by atoms with Crippen molar-refractivity contribution in [2.75, 3.05) is 46.1 Å². The average Bonchev–Trinajstić information content (AvgIpc) is 4.16. The van der Waals surface area contributed by atoms with Gasteiger partial charge in [0.2, 0.25) is 35.4 Å². The molecule has 0 fully saturated rings. The number of aryl methyl sites for hydroxylation is 1. The Hall–Kier alpha value is -6.38. The zero-order valence-electron chi connectivity index (χ0n) is 39.3. The lowest BCUT2D eigenvalue weighted by Crippen LogP contribution is -2.60. The van der Waals surface area contributed by atoms with Crippen molar-refractivity contribution in [3.05, 3.63) is 42.3 Å². The van der Waals surface area contributed by atoms with Crippen LogP contribution in [0.4, 0.5) is 0 Å². The maximum Gasteiger partial charge on any atom is 0.326 e. The number of rotatable bonds is 39. The summed E-state index contributed by atoms with van der Waals surface area (Å²) in [5.41, 5.74) is 0.806. The SMILES string of the molecule is CC(=O)N(CC(=O)N[C@@H](CO)C(=O)N[C@H](CO)C(=O)N[C@@H](Cc1cnc[nH]1)C(=O)N[C@@H](Cc1cnc[nH]1)C(=O)O)OCCOCCNC(=O)CCCCCCCCCCCCCCCc1nn[nH]n1. The van der Waals surface area contributed by atoms with Crippen molar-refractivity contribution in [3.8, 4) is 0 Å². The van der Waals surface area contributed by atoms with Crippen molar-refractivity contribution in [1.82, 2.24) is 72.2 Å². The van der Waals surface area contributed by atoms with Gasteiger partial charge in [-0.1, -0.05) is 75.8 Å². The summed E-state index contributed by atoms with van der Waals surface area (Å²) in [6.45, 7) is -1.12. The molecule has 3 aromatic rings. The lowest BCUT2D eigenvalue weighted by molar-refractivity contribution is -0.190. The summed E-state index contributed by atoms with van der Waals surface area (Å²) in [5, 5.41) is 56.3. The number of nitrogens with zero attached hydrogens (tertiary/aromatic N) is 6.